The number of aromatic nitrogens is 2. The second kappa shape index (κ2) is 13.6. The van der Waals surface area contributed by atoms with Gasteiger partial charge in [-0.3, -0.25) is 4.90 Å². The van der Waals surface area contributed by atoms with Crippen molar-refractivity contribution in [2.75, 3.05) is 6.54 Å². The van der Waals surface area contributed by atoms with Gasteiger partial charge < -0.3 is 4.55 Å². The molecule has 1 aliphatic rings. The van der Waals surface area contributed by atoms with Gasteiger partial charge in [0.2, 0.25) is 0 Å². The van der Waals surface area contributed by atoms with Gasteiger partial charge in [0.1, 0.15) is 11.6 Å². The highest BCUT2D eigenvalue weighted by Crippen LogP contribution is 2.47. The molecule has 6 heteroatoms. The number of hydrogen-bond acceptors (Lipinski definition) is 4. The molecule has 2 rings (SSSR count). The van der Waals surface area contributed by atoms with Crippen LogP contribution in [0.25, 0.3) is 0 Å². The first-order valence-electron chi connectivity index (χ1n) is 12.6. The van der Waals surface area contributed by atoms with Crippen molar-refractivity contribution in [3.8, 4) is 0 Å². The fourth-order valence-electron chi connectivity index (χ4n) is 4.94. The predicted octanol–water partition coefficient (Wildman–Crippen LogP) is 6.90. The maximum atomic E-state index is 11.3. The minimum Gasteiger partial charge on any atom is -0.306 e. The Morgan fingerprint density at radius 2 is 1.55 bits per heavy atom. The molecular weight excluding hydrogens is 406 g/mol. The Balaban J connectivity index is 2.09. The third kappa shape index (κ3) is 7.90. The lowest BCUT2D eigenvalue weighted by molar-refractivity contribution is 0.0840. The normalized spacial score (nSPS) is 18.9. The zero-order valence-electron chi connectivity index (χ0n) is 20.4. The number of nitrogens with zero attached hydrogens (tertiary/aromatic N) is 3. The first-order chi connectivity index (χ1) is 14.9. The minimum absolute atomic E-state index is 0.00880. The summed E-state index contributed by atoms with van der Waals surface area (Å²) in [5.74, 6) is 0.499. The van der Waals surface area contributed by atoms with E-state index < -0.39 is 11.1 Å². The average molecular weight is 452 g/mol. The fourth-order valence-corrected chi connectivity index (χ4v) is 5.30. The lowest BCUT2D eigenvalue weighted by atomic mass is 9.97. The summed E-state index contributed by atoms with van der Waals surface area (Å²) in [4.78, 5) is 11.9. The Hall–Kier alpha value is -0.850. The van der Waals surface area contributed by atoms with Gasteiger partial charge in [-0.05, 0) is 33.2 Å². The van der Waals surface area contributed by atoms with Crippen molar-refractivity contribution >= 4 is 11.1 Å². The molecular formula is C25H45N3O2S. The second-order valence-corrected chi connectivity index (χ2v) is 10.6. The smallest absolute Gasteiger partial charge is 0.160 e. The molecule has 31 heavy (non-hydrogen) atoms. The largest absolute Gasteiger partial charge is 0.306 e. The highest BCUT2D eigenvalue weighted by molar-refractivity contribution is 7.78. The van der Waals surface area contributed by atoms with Gasteiger partial charge in [0.25, 0.3) is 0 Å². The maximum Gasteiger partial charge on any atom is 0.160 e. The highest BCUT2D eigenvalue weighted by Gasteiger charge is 2.44. The Morgan fingerprint density at radius 1 is 0.968 bits per heavy atom. The third-order valence-electron chi connectivity index (χ3n) is 6.77. The van der Waals surface area contributed by atoms with Crippen molar-refractivity contribution in [1.82, 2.24) is 14.9 Å². The molecule has 0 aromatic carbocycles. The van der Waals surface area contributed by atoms with Gasteiger partial charge >= 0.3 is 0 Å². The van der Waals surface area contributed by atoms with Crippen LogP contribution in [0.2, 0.25) is 0 Å². The van der Waals surface area contributed by atoms with Crippen LogP contribution in [-0.2, 0) is 22.4 Å². The van der Waals surface area contributed by atoms with Crippen molar-refractivity contribution < 1.29 is 8.76 Å². The number of hydrogen-bond donors (Lipinski definition) is 1. The van der Waals surface area contributed by atoms with E-state index in [-0.39, 0.29) is 11.3 Å². The zero-order valence-corrected chi connectivity index (χ0v) is 21.2. The molecule has 0 bridgehead atoms. The molecule has 0 saturated heterocycles. The molecule has 2 atom stereocenters. The Labute approximate surface area is 193 Å². The van der Waals surface area contributed by atoms with E-state index in [2.05, 4.69) is 37.6 Å². The molecule has 0 radical (unpaired) electrons. The van der Waals surface area contributed by atoms with Gasteiger partial charge in [0, 0.05) is 17.3 Å². The van der Waals surface area contributed by atoms with Gasteiger partial charge in [-0.15, -0.1) is 0 Å². The first kappa shape index (κ1) is 26.4. The first-order valence-corrected chi connectivity index (χ1v) is 13.9. The van der Waals surface area contributed by atoms with Crippen LogP contribution in [0.1, 0.15) is 134 Å². The molecule has 1 N–H and O–H groups in total. The zero-order chi connectivity index (χ0) is 22.7. The van der Waals surface area contributed by atoms with Gasteiger partial charge in [0.15, 0.2) is 11.1 Å². The van der Waals surface area contributed by atoms with Crippen LogP contribution in [-0.4, -0.2) is 30.2 Å². The van der Waals surface area contributed by atoms with Crippen LogP contribution in [0.5, 0.6) is 0 Å². The number of fused-ring (bicyclic) bond motifs is 1. The monoisotopic (exact) mass is 451 g/mol. The molecule has 0 fully saturated rings. The van der Waals surface area contributed by atoms with Gasteiger partial charge in [-0.25, -0.2) is 14.2 Å². The maximum absolute atomic E-state index is 11.3. The predicted molar refractivity (Wildman–Crippen MR) is 130 cm³/mol. The lowest BCUT2D eigenvalue weighted by Gasteiger charge is -2.36. The van der Waals surface area contributed by atoms with E-state index in [4.69, 9.17) is 4.98 Å². The van der Waals surface area contributed by atoms with Crippen molar-refractivity contribution in [1.29, 1.82) is 0 Å². The molecule has 178 valence electrons. The Bertz CT molecular complexity index is 681. The van der Waals surface area contributed by atoms with Gasteiger partial charge in [-0.1, -0.05) is 84.5 Å². The average Bonchev–Trinajstić information content (AvgIpc) is 2.93. The summed E-state index contributed by atoms with van der Waals surface area (Å²) in [5.41, 5.74) is 2.20. The van der Waals surface area contributed by atoms with E-state index in [1.54, 1.807) is 0 Å². The SMILES string of the molecule is CCCCCCCCC1c2nc(CS(=O)O)ncc2C(C)(C)N1CCCCCCCC. The van der Waals surface area contributed by atoms with Crippen LogP contribution >= 0.6 is 0 Å². The van der Waals surface area contributed by atoms with E-state index in [9.17, 15) is 8.76 Å². The Morgan fingerprint density at radius 3 is 2.16 bits per heavy atom. The molecule has 1 aromatic rings. The topological polar surface area (TPSA) is 66.3 Å². The van der Waals surface area contributed by atoms with Crippen LogP contribution in [0.3, 0.4) is 0 Å². The van der Waals surface area contributed by atoms with E-state index in [1.807, 2.05) is 6.20 Å². The van der Waals surface area contributed by atoms with Crippen molar-refractivity contribution in [2.24, 2.45) is 0 Å². The summed E-state index contributed by atoms with van der Waals surface area (Å²) < 4.78 is 20.6. The van der Waals surface area contributed by atoms with E-state index in [0.717, 1.165) is 18.7 Å². The van der Waals surface area contributed by atoms with Gasteiger partial charge in [0.05, 0.1) is 11.7 Å². The van der Waals surface area contributed by atoms with Gasteiger partial charge in [-0.2, -0.15) is 0 Å². The molecule has 1 aromatic heterocycles. The molecule has 0 amide bonds. The second-order valence-electron chi connectivity index (χ2n) is 9.64. The van der Waals surface area contributed by atoms with Crippen LogP contribution in [0.4, 0.5) is 0 Å². The van der Waals surface area contributed by atoms with E-state index in [0.29, 0.717) is 11.9 Å². The quantitative estimate of drug-likeness (QED) is 0.219. The summed E-state index contributed by atoms with van der Waals surface area (Å²) in [6.07, 6.45) is 18.6. The molecule has 0 saturated carbocycles. The summed E-state index contributed by atoms with van der Waals surface area (Å²) in [6, 6.07) is 0.292. The van der Waals surface area contributed by atoms with Crippen LogP contribution in [0.15, 0.2) is 6.20 Å². The van der Waals surface area contributed by atoms with Crippen molar-refractivity contribution in [3.05, 3.63) is 23.3 Å². The summed E-state index contributed by atoms with van der Waals surface area (Å²) in [7, 11) is 0. The number of unbranched alkanes of at least 4 members (excludes halogenated alkanes) is 10. The third-order valence-corrected chi connectivity index (χ3v) is 7.28. The summed E-state index contributed by atoms with van der Waals surface area (Å²) in [5, 5.41) is 0. The lowest BCUT2D eigenvalue weighted by Crippen LogP contribution is -2.38. The van der Waals surface area contributed by atoms with E-state index >= 15 is 0 Å². The molecule has 0 aliphatic carbocycles. The molecule has 0 spiro atoms. The standard InChI is InChI=1S/C25H45N3O2S/c1-5-7-9-11-13-15-17-22-24-21(19-26-23(27-24)20-31(29)30)25(3,4)28(22)18-16-14-12-10-8-6-2/h19,22H,5-18,20H2,1-4H3,(H,29,30). The summed E-state index contributed by atoms with van der Waals surface area (Å²) >= 11 is -1.91. The molecule has 2 unspecified atom stereocenters. The van der Waals surface area contributed by atoms with Crippen molar-refractivity contribution in [3.63, 3.8) is 0 Å². The molecule has 2 heterocycles. The summed E-state index contributed by atoms with van der Waals surface area (Å²) in [6.45, 7) is 10.2. The molecule has 5 nitrogen and oxygen atoms in total. The minimum atomic E-state index is -1.91. The van der Waals surface area contributed by atoms with Crippen molar-refractivity contribution in [2.45, 2.75) is 128 Å². The van der Waals surface area contributed by atoms with Crippen LogP contribution in [0, 0.1) is 0 Å². The molecule has 1 aliphatic heterocycles. The highest BCUT2D eigenvalue weighted by atomic mass is 32.2. The Kier molecular flexibility index (Phi) is 11.6. The van der Waals surface area contributed by atoms with E-state index in [1.165, 1.54) is 82.6 Å². The number of rotatable bonds is 16. The van der Waals surface area contributed by atoms with Crippen LogP contribution < -0.4 is 0 Å². The fraction of sp³-hybridized carbons (Fsp3) is 0.840.